The molecule has 0 saturated carbocycles. The molecule has 3 nitrogen and oxygen atoms in total. The Morgan fingerprint density at radius 3 is 2.59 bits per heavy atom. The molecule has 1 aliphatic heterocycles. The number of nitrogens with two attached hydrogens (primary N) is 1. The van der Waals surface area contributed by atoms with Gasteiger partial charge in [-0.15, -0.1) is 11.3 Å². The monoisotopic (exact) mass is 317 g/mol. The fourth-order valence-electron chi connectivity index (χ4n) is 2.34. The van der Waals surface area contributed by atoms with E-state index in [1.54, 1.807) is 11.3 Å². The number of hydrogen-bond donors (Lipinski definition) is 1. The summed E-state index contributed by atoms with van der Waals surface area (Å²) in [5.74, 6) is 0. The van der Waals surface area contributed by atoms with Crippen LogP contribution in [0.3, 0.4) is 0 Å². The van der Waals surface area contributed by atoms with E-state index in [9.17, 15) is 0 Å². The highest BCUT2D eigenvalue weighted by Gasteiger charge is 2.24. The molecule has 0 aliphatic carbocycles. The van der Waals surface area contributed by atoms with Gasteiger partial charge in [-0.1, -0.05) is 6.92 Å². The maximum atomic E-state index is 5.95. The van der Waals surface area contributed by atoms with Crippen LogP contribution in [0.15, 0.2) is 15.9 Å². The van der Waals surface area contributed by atoms with Crippen LogP contribution in [0.5, 0.6) is 0 Å². The third-order valence-electron chi connectivity index (χ3n) is 3.43. The highest BCUT2D eigenvalue weighted by molar-refractivity contribution is 9.10. The fourth-order valence-corrected chi connectivity index (χ4v) is 3.93. The first-order valence-corrected chi connectivity index (χ1v) is 7.82. The Kier molecular flexibility index (Phi) is 4.99. The van der Waals surface area contributed by atoms with Crippen molar-refractivity contribution in [3.8, 4) is 0 Å². The number of piperazine rings is 1. The van der Waals surface area contributed by atoms with Crippen LogP contribution in [0.1, 0.15) is 17.8 Å². The van der Waals surface area contributed by atoms with Gasteiger partial charge in [-0.05, 0) is 28.5 Å². The first-order chi connectivity index (χ1) is 8.24. The molecule has 0 radical (unpaired) electrons. The molecular formula is C12H20BrN3S. The van der Waals surface area contributed by atoms with Gasteiger partial charge in [0.1, 0.15) is 0 Å². The van der Waals surface area contributed by atoms with Crippen molar-refractivity contribution in [2.24, 2.45) is 5.73 Å². The summed E-state index contributed by atoms with van der Waals surface area (Å²) in [5, 5.41) is 2.14. The van der Waals surface area contributed by atoms with E-state index < -0.39 is 0 Å². The van der Waals surface area contributed by atoms with E-state index in [1.165, 1.54) is 22.4 Å². The average Bonchev–Trinajstić information content (AvgIpc) is 2.78. The second kappa shape index (κ2) is 6.29. The van der Waals surface area contributed by atoms with Crippen LogP contribution in [0.2, 0.25) is 0 Å². The molecule has 0 amide bonds. The van der Waals surface area contributed by atoms with Crippen molar-refractivity contribution in [1.82, 2.24) is 9.80 Å². The van der Waals surface area contributed by atoms with Gasteiger partial charge in [0.2, 0.25) is 0 Å². The lowest BCUT2D eigenvalue weighted by molar-refractivity contribution is 0.103. The Bertz CT molecular complexity index is 347. The summed E-state index contributed by atoms with van der Waals surface area (Å²) in [6, 6.07) is 2.60. The van der Waals surface area contributed by atoms with E-state index in [4.69, 9.17) is 5.73 Å². The van der Waals surface area contributed by atoms with Gasteiger partial charge in [0.05, 0.1) is 6.04 Å². The first-order valence-electron chi connectivity index (χ1n) is 6.15. The van der Waals surface area contributed by atoms with Gasteiger partial charge >= 0.3 is 0 Å². The van der Waals surface area contributed by atoms with Crippen molar-refractivity contribution in [3.05, 3.63) is 20.8 Å². The molecule has 0 bridgehead atoms. The van der Waals surface area contributed by atoms with E-state index in [2.05, 4.69) is 44.1 Å². The molecule has 1 aliphatic rings. The lowest BCUT2D eigenvalue weighted by Crippen LogP contribution is -2.48. The molecule has 1 aromatic rings. The largest absolute Gasteiger partial charge is 0.329 e. The standard InChI is InChI=1S/C12H20BrN3S/c1-2-15-3-5-16(6-4-15)11(8-14)12-7-10(13)9-17-12/h7,9,11H,2-6,8,14H2,1H3. The Balaban J connectivity index is 2.00. The molecule has 0 spiro atoms. The average molecular weight is 318 g/mol. The van der Waals surface area contributed by atoms with Gasteiger partial charge in [-0.25, -0.2) is 0 Å². The zero-order valence-electron chi connectivity index (χ0n) is 10.2. The number of rotatable bonds is 4. The summed E-state index contributed by atoms with van der Waals surface area (Å²) in [6.07, 6.45) is 0. The molecule has 2 N–H and O–H groups in total. The second-order valence-corrected chi connectivity index (χ2v) is 6.25. The fraction of sp³-hybridized carbons (Fsp3) is 0.667. The van der Waals surface area contributed by atoms with E-state index >= 15 is 0 Å². The molecule has 5 heteroatoms. The zero-order valence-corrected chi connectivity index (χ0v) is 12.6. The van der Waals surface area contributed by atoms with Crippen molar-refractivity contribution in [2.45, 2.75) is 13.0 Å². The molecule has 1 atom stereocenters. The number of halogens is 1. The summed E-state index contributed by atoms with van der Waals surface area (Å²) < 4.78 is 1.17. The number of likely N-dealkylation sites (N-methyl/N-ethyl adjacent to an activating group) is 1. The maximum absolute atomic E-state index is 5.95. The second-order valence-electron chi connectivity index (χ2n) is 4.39. The summed E-state index contributed by atoms with van der Waals surface area (Å²) in [5.41, 5.74) is 5.95. The van der Waals surface area contributed by atoms with Gasteiger partial charge in [-0.3, -0.25) is 4.90 Å². The predicted octanol–water partition coefficient (Wildman–Crippen LogP) is 2.15. The maximum Gasteiger partial charge on any atom is 0.0565 e. The highest BCUT2D eigenvalue weighted by atomic mass is 79.9. The lowest BCUT2D eigenvalue weighted by Gasteiger charge is -2.38. The number of hydrogen-bond acceptors (Lipinski definition) is 4. The Morgan fingerprint density at radius 1 is 1.41 bits per heavy atom. The van der Waals surface area contributed by atoms with Crippen molar-refractivity contribution >= 4 is 27.3 Å². The molecule has 1 aromatic heterocycles. The summed E-state index contributed by atoms with van der Waals surface area (Å²) in [4.78, 5) is 6.39. The number of thiophene rings is 1. The van der Waals surface area contributed by atoms with E-state index in [1.807, 2.05) is 0 Å². The van der Waals surface area contributed by atoms with Crippen LogP contribution in [0, 0.1) is 0 Å². The van der Waals surface area contributed by atoms with Crippen molar-refractivity contribution < 1.29 is 0 Å². The Hall–Kier alpha value is 0.0600. The van der Waals surface area contributed by atoms with Crippen LogP contribution in [0.25, 0.3) is 0 Å². The quantitative estimate of drug-likeness (QED) is 0.923. The minimum atomic E-state index is 0.394. The van der Waals surface area contributed by atoms with Crippen LogP contribution < -0.4 is 5.73 Å². The van der Waals surface area contributed by atoms with Gasteiger partial charge in [0.25, 0.3) is 0 Å². The lowest BCUT2D eigenvalue weighted by atomic mass is 10.1. The third kappa shape index (κ3) is 3.29. The van der Waals surface area contributed by atoms with Crippen molar-refractivity contribution in [2.75, 3.05) is 39.3 Å². The molecule has 96 valence electrons. The van der Waals surface area contributed by atoms with E-state index in [-0.39, 0.29) is 0 Å². The molecule has 1 saturated heterocycles. The van der Waals surface area contributed by atoms with Gasteiger partial charge in [0.15, 0.2) is 0 Å². The van der Waals surface area contributed by atoms with Gasteiger partial charge in [0, 0.05) is 47.5 Å². The molecule has 2 heterocycles. The van der Waals surface area contributed by atoms with E-state index in [0.717, 1.165) is 19.6 Å². The molecule has 1 unspecified atom stereocenters. The van der Waals surface area contributed by atoms with Crippen molar-refractivity contribution in [1.29, 1.82) is 0 Å². The van der Waals surface area contributed by atoms with Crippen LogP contribution in [-0.4, -0.2) is 49.1 Å². The SMILES string of the molecule is CCN1CCN(C(CN)c2cc(Br)cs2)CC1. The normalized spacial score (nSPS) is 20.6. The summed E-state index contributed by atoms with van der Waals surface area (Å²) in [7, 11) is 0. The molecule has 1 fully saturated rings. The third-order valence-corrected chi connectivity index (χ3v) is 5.23. The molecule has 0 aromatic carbocycles. The minimum absolute atomic E-state index is 0.394. The van der Waals surface area contributed by atoms with Crippen LogP contribution in [0.4, 0.5) is 0 Å². The summed E-state index contributed by atoms with van der Waals surface area (Å²) in [6.45, 7) is 8.69. The topological polar surface area (TPSA) is 32.5 Å². The van der Waals surface area contributed by atoms with Gasteiger partial charge < -0.3 is 10.6 Å². The van der Waals surface area contributed by atoms with Crippen LogP contribution in [-0.2, 0) is 0 Å². The first kappa shape index (κ1) is 13.5. The molecule has 2 rings (SSSR count). The highest BCUT2D eigenvalue weighted by Crippen LogP contribution is 2.29. The smallest absolute Gasteiger partial charge is 0.0565 e. The zero-order chi connectivity index (χ0) is 12.3. The van der Waals surface area contributed by atoms with E-state index in [0.29, 0.717) is 12.6 Å². The van der Waals surface area contributed by atoms with Crippen LogP contribution >= 0.6 is 27.3 Å². The minimum Gasteiger partial charge on any atom is -0.329 e. The number of nitrogens with zero attached hydrogens (tertiary/aromatic N) is 2. The van der Waals surface area contributed by atoms with Gasteiger partial charge in [-0.2, -0.15) is 0 Å². The summed E-state index contributed by atoms with van der Waals surface area (Å²) >= 11 is 5.32. The Morgan fingerprint density at radius 2 is 2.12 bits per heavy atom. The van der Waals surface area contributed by atoms with Crippen molar-refractivity contribution in [3.63, 3.8) is 0 Å². The molecular weight excluding hydrogens is 298 g/mol. The molecule has 17 heavy (non-hydrogen) atoms. The Labute approximate surface area is 116 Å². The predicted molar refractivity (Wildman–Crippen MR) is 77.5 cm³/mol.